The van der Waals surface area contributed by atoms with Crippen LogP contribution >= 0.6 is 0 Å². The maximum Gasteiger partial charge on any atom is 0.154 e. The van der Waals surface area contributed by atoms with Gasteiger partial charge >= 0.3 is 0 Å². The molecule has 0 aliphatic carbocycles. The smallest absolute Gasteiger partial charge is 0.154 e. The molecule has 0 atom stereocenters. The third-order valence-corrected chi connectivity index (χ3v) is 1.89. The zero-order valence-electron chi connectivity index (χ0n) is 7.74. The van der Waals surface area contributed by atoms with E-state index in [9.17, 15) is 0 Å². The molecule has 2 rings (SSSR count). The molecule has 2 aromatic heterocycles. The molecule has 0 aromatic carbocycles. The number of aryl methyl sites for hydroxylation is 1. The van der Waals surface area contributed by atoms with E-state index >= 15 is 0 Å². The Morgan fingerprint density at radius 1 is 1.57 bits per heavy atom. The van der Waals surface area contributed by atoms with Crippen molar-refractivity contribution in [3.63, 3.8) is 0 Å². The first-order valence-corrected chi connectivity index (χ1v) is 4.27. The molecule has 70 valence electrons. The Morgan fingerprint density at radius 2 is 2.43 bits per heavy atom. The molecule has 0 fully saturated rings. The van der Waals surface area contributed by atoms with Crippen molar-refractivity contribution in [3.8, 4) is 17.5 Å². The minimum atomic E-state index is 0.340. The van der Waals surface area contributed by atoms with E-state index in [1.807, 2.05) is 25.1 Å². The van der Waals surface area contributed by atoms with Crippen LogP contribution in [0, 0.1) is 18.3 Å². The summed E-state index contributed by atoms with van der Waals surface area (Å²) in [7, 11) is 0. The predicted molar refractivity (Wildman–Crippen MR) is 50.3 cm³/mol. The molecular weight excluding hydrogens is 178 g/mol. The number of rotatable bonds is 2. The second kappa shape index (κ2) is 3.38. The molecule has 4 heteroatoms. The van der Waals surface area contributed by atoms with Gasteiger partial charge in [0, 0.05) is 0 Å². The van der Waals surface area contributed by atoms with Crippen LogP contribution in [0.3, 0.4) is 0 Å². The van der Waals surface area contributed by atoms with Gasteiger partial charge in [-0.3, -0.25) is 5.10 Å². The van der Waals surface area contributed by atoms with Crippen LogP contribution in [0.2, 0.25) is 0 Å². The largest absolute Gasteiger partial charge is 0.460 e. The molecule has 0 saturated carbocycles. The number of H-pyrrole nitrogens is 1. The summed E-state index contributed by atoms with van der Waals surface area (Å²) >= 11 is 0. The maximum absolute atomic E-state index is 8.48. The third-order valence-electron chi connectivity index (χ3n) is 1.89. The van der Waals surface area contributed by atoms with Gasteiger partial charge in [-0.15, -0.1) is 0 Å². The number of nitrogens with one attached hydrogen (secondary N) is 1. The number of aromatic amines is 1. The van der Waals surface area contributed by atoms with Crippen molar-refractivity contribution < 1.29 is 4.42 Å². The summed E-state index contributed by atoms with van der Waals surface area (Å²) in [5.41, 5.74) is 1.54. The average molecular weight is 187 g/mol. The van der Waals surface area contributed by atoms with Crippen molar-refractivity contribution in [1.29, 1.82) is 5.26 Å². The number of hydrogen-bond donors (Lipinski definition) is 1. The van der Waals surface area contributed by atoms with Crippen molar-refractivity contribution in [2.24, 2.45) is 0 Å². The second-order valence-electron chi connectivity index (χ2n) is 3.02. The van der Waals surface area contributed by atoms with Gasteiger partial charge in [0.15, 0.2) is 5.76 Å². The number of aromatic nitrogens is 2. The molecule has 1 N–H and O–H groups in total. The van der Waals surface area contributed by atoms with Gasteiger partial charge in [-0.25, -0.2) is 0 Å². The maximum atomic E-state index is 8.48. The van der Waals surface area contributed by atoms with Crippen molar-refractivity contribution in [1.82, 2.24) is 10.2 Å². The molecule has 2 aromatic rings. The van der Waals surface area contributed by atoms with E-state index in [0.717, 1.165) is 22.9 Å². The van der Waals surface area contributed by atoms with Gasteiger partial charge in [-0.1, -0.05) is 0 Å². The zero-order valence-corrected chi connectivity index (χ0v) is 7.74. The Morgan fingerprint density at radius 3 is 3.07 bits per heavy atom. The SMILES string of the molecule is Cc1ccc(-c2cc(CC#N)[nH]n2)o1. The third kappa shape index (κ3) is 1.52. The first-order chi connectivity index (χ1) is 6.79. The summed E-state index contributed by atoms with van der Waals surface area (Å²) in [6.45, 7) is 1.88. The summed E-state index contributed by atoms with van der Waals surface area (Å²) in [6.07, 6.45) is 0.340. The fraction of sp³-hybridized carbons (Fsp3) is 0.200. The highest BCUT2D eigenvalue weighted by atomic mass is 16.3. The Balaban J connectivity index is 2.30. The summed E-state index contributed by atoms with van der Waals surface area (Å²) in [4.78, 5) is 0. The van der Waals surface area contributed by atoms with Gasteiger partial charge in [-0.05, 0) is 25.1 Å². The molecule has 0 radical (unpaired) electrons. The first kappa shape index (κ1) is 8.57. The summed E-state index contributed by atoms with van der Waals surface area (Å²) < 4.78 is 5.40. The van der Waals surface area contributed by atoms with E-state index in [0.29, 0.717) is 6.42 Å². The molecule has 0 aliphatic heterocycles. The summed E-state index contributed by atoms with van der Waals surface area (Å²) in [5, 5.41) is 15.3. The van der Waals surface area contributed by atoms with E-state index in [-0.39, 0.29) is 0 Å². The average Bonchev–Trinajstić information content (AvgIpc) is 2.74. The summed E-state index contributed by atoms with van der Waals surface area (Å²) in [5.74, 6) is 1.58. The number of nitrogens with zero attached hydrogens (tertiary/aromatic N) is 2. The molecule has 0 bridgehead atoms. The van der Waals surface area contributed by atoms with Crippen molar-refractivity contribution >= 4 is 0 Å². The van der Waals surface area contributed by atoms with Gasteiger partial charge in [0.1, 0.15) is 11.5 Å². The van der Waals surface area contributed by atoms with E-state index in [1.165, 1.54) is 0 Å². The quantitative estimate of drug-likeness (QED) is 0.782. The monoisotopic (exact) mass is 187 g/mol. The minimum absolute atomic E-state index is 0.340. The van der Waals surface area contributed by atoms with Crippen LogP contribution in [0.15, 0.2) is 22.6 Å². The molecule has 14 heavy (non-hydrogen) atoms. The van der Waals surface area contributed by atoms with Crippen molar-refractivity contribution in [2.75, 3.05) is 0 Å². The Hall–Kier alpha value is -2.02. The zero-order chi connectivity index (χ0) is 9.97. The number of nitriles is 1. The molecule has 2 heterocycles. The molecule has 0 saturated heterocycles. The Labute approximate surface area is 81.2 Å². The fourth-order valence-corrected chi connectivity index (χ4v) is 1.24. The van der Waals surface area contributed by atoms with Crippen LogP contribution < -0.4 is 0 Å². The van der Waals surface area contributed by atoms with Crippen LogP contribution in [0.4, 0.5) is 0 Å². The standard InChI is InChI=1S/C10H9N3O/c1-7-2-3-10(14-7)9-6-8(4-5-11)12-13-9/h2-3,6H,4H2,1H3,(H,12,13). The van der Waals surface area contributed by atoms with Gasteiger partial charge < -0.3 is 4.42 Å². The second-order valence-corrected chi connectivity index (χ2v) is 3.02. The molecule has 0 spiro atoms. The normalized spacial score (nSPS) is 10.0. The van der Waals surface area contributed by atoms with E-state index in [4.69, 9.17) is 9.68 Å². The first-order valence-electron chi connectivity index (χ1n) is 4.27. The van der Waals surface area contributed by atoms with Gasteiger partial charge in [0.05, 0.1) is 18.2 Å². The lowest BCUT2D eigenvalue weighted by atomic mass is 10.2. The molecule has 4 nitrogen and oxygen atoms in total. The number of furan rings is 1. The van der Waals surface area contributed by atoms with E-state index < -0.39 is 0 Å². The topological polar surface area (TPSA) is 65.6 Å². The van der Waals surface area contributed by atoms with Crippen molar-refractivity contribution in [2.45, 2.75) is 13.3 Å². The van der Waals surface area contributed by atoms with Crippen LogP contribution in [0.1, 0.15) is 11.5 Å². The Kier molecular flexibility index (Phi) is 2.07. The highest BCUT2D eigenvalue weighted by Crippen LogP contribution is 2.20. The highest BCUT2D eigenvalue weighted by molar-refractivity contribution is 5.52. The van der Waals surface area contributed by atoms with Crippen molar-refractivity contribution in [3.05, 3.63) is 29.7 Å². The van der Waals surface area contributed by atoms with Gasteiger partial charge in [-0.2, -0.15) is 10.4 Å². The van der Waals surface area contributed by atoms with Crippen LogP contribution in [0.25, 0.3) is 11.5 Å². The van der Waals surface area contributed by atoms with Crippen LogP contribution in [-0.4, -0.2) is 10.2 Å². The van der Waals surface area contributed by atoms with Crippen LogP contribution in [-0.2, 0) is 6.42 Å². The van der Waals surface area contributed by atoms with Gasteiger partial charge in [0.25, 0.3) is 0 Å². The lowest BCUT2D eigenvalue weighted by molar-refractivity contribution is 0.546. The Bertz CT molecular complexity index is 476. The van der Waals surface area contributed by atoms with Gasteiger partial charge in [0.2, 0.25) is 0 Å². The lowest BCUT2D eigenvalue weighted by Gasteiger charge is -1.86. The fourth-order valence-electron chi connectivity index (χ4n) is 1.24. The van der Waals surface area contributed by atoms with E-state index in [2.05, 4.69) is 16.3 Å². The predicted octanol–water partition coefficient (Wildman–Crippen LogP) is 2.04. The summed E-state index contributed by atoms with van der Waals surface area (Å²) in [6, 6.07) is 7.62. The number of hydrogen-bond acceptors (Lipinski definition) is 3. The molecular formula is C10H9N3O. The van der Waals surface area contributed by atoms with Crippen LogP contribution in [0.5, 0.6) is 0 Å². The molecule has 0 aliphatic rings. The lowest BCUT2D eigenvalue weighted by Crippen LogP contribution is -1.78. The highest BCUT2D eigenvalue weighted by Gasteiger charge is 2.06. The molecule has 0 unspecified atom stereocenters. The van der Waals surface area contributed by atoms with E-state index in [1.54, 1.807) is 0 Å². The minimum Gasteiger partial charge on any atom is -0.460 e. The molecule has 0 amide bonds.